The lowest BCUT2D eigenvalue weighted by molar-refractivity contribution is -0.122. The maximum absolute atomic E-state index is 12.9. The third-order valence-corrected chi connectivity index (χ3v) is 6.29. The van der Waals surface area contributed by atoms with Crippen molar-refractivity contribution in [2.75, 3.05) is 44.7 Å². The lowest BCUT2D eigenvalue weighted by Gasteiger charge is -2.20. The lowest BCUT2D eigenvalue weighted by atomic mass is 10.1. The average molecular weight is 472 g/mol. The first-order valence-corrected chi connectivity index (χ1v) is 11.2. The zero-order valence-electron chi connectivity index (χ0n) is 18.8. The van der Waals surface area contributed by atoms with Crippen LogP contribution in [0.15, 0.2) is 30.3 Å². The summed E-state index contributed by atoms with van der Waals surface area (Å²) >= 11 is 1.37. The van der Waals surface area contributed by atoms with Crippen LogP contribution in [0.2, 0.25) is 0 Å². The highest BCUT2D eigenvalue weighted by molar-refractivity contribution is 7.22. The Morgan fingerprint density at radius 1 is 1.15 bits per heavy atom. The molecule has 1 aliphatic rings. The van der Waals surface area contributed by atoms with Gasteiger partial charge in [-0.25, -0.2) is 4.98 Å². The molecule has 1 N–H and O–H groups in total. The smallest absolute Gasteiger partial charge is 0.231 e. The summed E-state index contributed by atoms with van der Waals surface area (Å²) in [4.78, 5) is 31.7. The number of amides is 2. The molecule has 10 heteroatoms. The first-order valence-electron chi connectivity index (χ1n) is 10.4. The van der Waals surface area contributed by atoms with E-state index in [9.17, 15) is 9.59 Å². The van der Waals surface area contributed by atoms with Gasteiger partial charge in [0.1, 0.15) is 5.75 Å². The minimum absolute atomic E-state index is 0.0991. The number of hydrogen-bond acceptors (Lipinski definition) is 8. The summed E-state index contributed by atoms with van der Waals surface area (Å²) in [7, 11) is 4.54. The van der Waals surface area contributed by atoms with Crippen LogP contribution in [0.4, 0.5) is 10.8 Å². The third-order valence-electron chi connectivity index (χ3n) is 5.36. The molecule has 2 amide bonds. The van der Waals surface area contributed by atoms with Crippen LogP contribution in [0.1, 0.15) is 13.3 Å². The normalized spacial score (nSPS) is 15.6. The molecule has 1 atom stereocenters. The highest BCUT2D eigenvalue weighted by Crippen LogP contribution is 2.42. The van der Waals surface area contributed by atoms with E-state index < -0.39 is 5.92 Å². The van der Waals surface area contributed by atoms with Crippen molar-refractivity contribution in [1.29, 1.82) is 0 Å². The molecule has 1 fully saturated rings. The van der Waals surface area contributed by atoms with Gasteiger partial charge in [0.25, 0.3) is 0 Å². The summed E-state index contributed by atoms with van der Waals surface area (Å²) < 4.78 is 22.5. The number of ether oxygens (including phenoxy) is 4. The molecule has 0 saturated carbocycles. The zero-order chi connectivity index (χ0) is 23.5. The molecule has 1 aliphatic heterocycles. The topological polar surface area (TPSA) is 99.2 Å². The van der Waals surface area contributed by atoms with Crippen LogP contribution in [-0.2, 0) is 9.59 Å². The van der Waals surface area contributed by atoms with Crippen molar-refractivity contribution >= 4 is 44.2 Å². The molecule has 0 aliphatic carbocycles. The summed E-state index contributed by atoms with van der Waals surface area (Å²) in [5.74, 6) is 1.16. The van der Waals surface area contributed by atoms with E-state index in [2.05, 4.69) is 10.3 Å². The fraction of sp³-hybridized carbons (Fsp3) is 0.348. The van der Waals surface area contributed by atoms with Crippen LogP contribution >= 0.6 is 11.3 Å². The van der Waals surface area contributed by atoms with Crippen molar-refractivity contribution in [2.24, 2.45) is 5.92 Å². The van der Waals surface area contributed by atoms with Gasteiger partial charge in [-0.2, -0.15) is 0 Å². The number of fused-ring (bicyclic) bond motifs is 1. The van der Waals surface area contributed by atoms with Crippen LogP contribution in [0.25, 0.3) is 10.2 Å². The summed E-state index contributed by atoms with van der Waals surface area (Å²) in [6.45, 7) is 2.74. The van der Waals surface area contributed by atoms with E-state index in [1.807, 2.05) is 25.1 Å². The fourth-order valence-corrected chi connectivity index (χ4v) is 4.68. The van der Waals surface area contributed by atoms with Gasteiger partial charge >= 0.3 is 0 Å². The van der Waals surface area contributed by atoms with Gasteiger partial charge in [0.2, 0.25) is 17.6 Å². The van der Waals surface area contributed by atoms with Gasteiger partial charge in [-0.1, -0.05) is 11.3 Å². The molecule has 1 unspecified atom stereocenters. The minimum atomic E-state index is -0.511. The van der Waals surface area contributed by atoms with Gasteiger partial charge in [0, 0.05) is 25.1 Å². The molecule has 2 heterocycles. The molecule has 3 aromatic rings. The number of thiazole rings is 1. The predicted molar refractivity (Wildman–Crippen MR) is 126 cm³/mol. The number of carbonyl (C=O) groups excluding carboxylic acids is 2. The third kappa shape index (κ3) is 4.51. The molecular weight excluding hydrogens is 446 g/mol. The number of anilines is 2. The number of benzene rings is 2. The molecule has 1 aromatic heterocycles. The van der Waals surface area contributed by atoms with E-state index >= 15 is 0 Å². The number of nitrogens with one attached hydrogen (secondary N) is 1. The maximum Gasteiger partial charge on any atom is 0.231 e. The summed E-state index contributed by atoms with van der Waals surface area (Å²) in [6.07, 6.45) is 0.0991. The number of hydrogen-bond donors (Lipinski definition) is 1. The highest BCUT2D eigenvalue weighted by atomic mass is 32.1. The largest absolute Gasteiger partial charge is 0.494 e. The summed E-state index contributed by atoms with van der Waals surface area (Å²) in [5.41, 5.74) is 1.36. The number of rotatable bonds is 8. The van der Waals surface area contributed by atoms with Gasteiger partial charge in [0.05, 0.1) is 49.8 Å². The Hall–Kier alpha value is -3.53. The van der Waals surface area contributed by atoms with E-state index in [1.54, 1.807) is 17.0 Å². The van der Waals surface area contributed by atoms with Crippen molar-refractivity contribution < 1.29 is 28.5 Å². The fourth-order valence-electron chi connectivity index (χ4n) is 3.78. The molecule has 0 radical (unpaired) electrons. The molecule has 174 valence electrons. The second-order valence-corrected chi connectivity index (χ2v) is 8.39. The number of methoxy groups -OCH3 is 3. The molecular formula is C23H25N3O6S. The Labute approximate surface area is 195 Å². The number of nitrogens with zero attached hydrogens (tertiary/aromatic N) is 2. The lowest BCUT2D eigenvalue weighted by Crippen LogP contribution is -2.28. The molecule has 0 bridgehead atoms. The Morgan fingerprint density at radius 3 is 2.52 bits per heavy atom. The minimum Gasteiger partial charge on any atom is -0.494 e. The van der Waals surface area contributed by atoms with Crippen molar-refractivity contribution in [3.63, 3.8) is 0 Å². The maximum atomic E-state index is 12.9. The van der Waals surface area contributed by atoms with E-state index in [1.165, 1.54) is 32.7 Å². The molecule has 2 aromatic carbocycles. The second kappa shape index (κ2) is 9.53. The van der Waals surface area contributed by atoms with Crippen LogP contribution in [0.3, 0.4) is 0 Å². The van der Waals surface area contributed by atoms with Gasteiger partial charge in [-0.3, -0.25) is 9.59 Å². The molecule has 4 rings (SSSR count). The number of carbonyl (C=O) groups is 2. The van der Waals surface area contributed by atoms with Crippen molar-refractivity contribution in [1.82, 2.24) is 4.98 Å². The van der Waals surface area contributed by atoms with E-state index in [-0.39, 0.29) is 24.8 Å². The van der Waals surface area contributed by atoms with Crippen molar-refractivity contribution in [3.8, 4) is 23.0 Å². The van der Waals surface area contributed by atoms with Gasteiger partial charge in [0.15, 0.2) is 16.6 Å². The van der Waals surface area contributed by atoms with Crippen LogP contribution in [-0.4, -0.2) is 51.3 Å². The standard InChI is InChI=1S/C23H25N3O6S/c1-5-32-15-6-7-16-19(11-15)33-23(24-16)25-22(28)13-8-20(27)26(12-13)14-9-17(29-2)21(31-4)18(10-14)30-3/h6-7,9-11,13H,5,8,12H2,1-4H3,(H,24,25,28). The first-order chi connectivity index (χ1) is 16.0. The van der Waals surface area contributed by atoms with Crippen LogP contribution < -0.4 is 29.2 Å². The van der Waals surface area contributed by atoms with E-state index in [4.69, 9.17) is 18.9 Å². The van der Waals surface area contributed by atoms with Crippen molar-refractivity contribution in [3.05, 3.63) is 30.3 Å². The van der Waals surface area contributed by atoms with Crippen LogP contribution in [0, 0.1) is 5.92 Å². The molecule has 0 spiro atoms. The summed E-state index contributed by atoms with van der Waals surface area (Å²) in [5, 5.41) is 3.35. The highest BCUT2D eigenvalue weighted by Gasteiger charge is 2.36. The van der Waals surface area contributed by atoms with E-state index in [0.29, 0.717) is 34.7 Å². The summed E-state index contributed by atoms with van der Waals surface area (Å²) in [6, 6.07) is 9.00. The van der Waals surface area contributed by atoms with Crippen molar-refractivity contribution in [2.45, 2.75) is 13.3 Å². The molecule has 33 heavy (non-hydrogen) atoms. The monoisotopic (exact) mass is 471 g/mol. The van der Waals surface area contributed by atoms with Gasteiger partial charge in [-0.15, -0.1) is 0 Å². The van der Waals surface area contributed by atoms with E-state index in [0.717, 1.165) is 16.0 Å². The Kier molecular flexibility index (Phi) is 6.55. The van der Waals surface area contributed by atoms with Gasteiger partial charge < -0.3 is 29.2 Å². The quantitative estimate of drug-likeness (QED) is 0.535. The molecule has 9 nitrogen and oxygen atoms in total. The average Bonchev–Trinajstić information content (AvgIpc) is 3.40. The number of aromatic nitrogens is 1. The Balaban J connectivity index is 1.50. The second-order valence-electron chi connectivity index (χ2n) is 7.36. The first kappa shape index (κ1) is 22.7. The molecule has 1 saturated heterocycles. The zero-order valence-corrected chi connectivity index (χ0v) is 19.7. The Morgan fingerprint density at radius 2 is 1.88 bits per heavy atom. The Bertz CT molecular complexity index is 1170. The van der Waals surface area contributed by atoms with Gasteiger partial charge in [-0.05, 0) is 25.1 Å². The SMILES string of the molecule is CCOc1ccc2nc(NC(=O)C3CC(=O)N(c4cc(OC)c(OC)c(OC)c4)C3)sc2c1. The predicted octanol–water partition coefficient (Wildman–Crippen LogP) is 3.71. The van der Waals surface area contributed by atoms with Crippen LogP contribution in [0.5, 0.6) is 23.0 Å².